The molecular weight excluding hydrogens is 320 g/mol. The average Bonchev–Trinajstić information content (AvgIpc) is 3.15. The number of esters is 1. The van der Waals surface area contributed by atoms with E-state index < -0.39 is 11.7 Å². The molecule has 5 rings (SSSR count). The molecule has 3 fully saturated rings. The number of Topliss-reactive ketones (excluding diaryl/α,β-unsaturated/α-hetero) is 1. The number of ether oxygens (including phenoxy) is 2. The third kappa shape index (κ3) is 1.77. The summed E-state index contributed by atoms with van der Waals surface area (Å²) in [5, 5.41) is 0. The second-order valence-electron chi connectivity index (χ2n) is 8.30. The van der Waals surface area contributed by atoms with E-state index in [-0.39, 0.29) is 35.1 Å². The van der Waals surface area contributed by atoms with E-state index in [2.05, 4.69) is 13.0 Å². The highest BCUT2D eigenvalue weighted by Gasteiger charge is 2.74. The zero-order valence-corrected chi connectivity index (χ0v) is 14.5. The van der Waals surface area contributed by atoms with Gasteiger partial charge in [0.1, 0.15) is 6.26 Å². The van der Waals surface area contributed by atoms with Crippen molar-refractivity contribution in [1.82, 2.24) is 0 Å². The number of ketones is 1. The molecule has 0 spiro atoms. The second-order valence-corrected chi connectivity index (χ2v) is 8.30. The first-order valence-corrected chi connectivity index (χ1v) is 9.07. The van der Waals surface area contributed by atoms with Gasteiger partial charge >= 0.3 is 5.97 Å². The number of carbonyl (C=O) groups is 2. The van der Waals surface area contributed by atoms with Crippen molar-refractivity contribution in [2.75, 3.05) is 0 Å². The van der Waals surface area contributed by atoms with E-state index in [1.165, 1.54) is 18.1 Å². The molecule has 3 heterocycles. The first kappa shape index (κ1) is 15.4. The van der Waals surface area contributed by atoms with Gasteiger partial charge in [-0.25, -0.2) is 0 Å². The third-order valence-electron chi connectivity index (χ3n) is 7.16. The minimum Gasteiger partial charge on any atom is -0.472 e. The Morgan fingerprint density at radius 2 is 2.20 bits per heavy atom. The number of rotatable bonds is 3. The van der Waals surface area contributed by atoms with Crippen LogP contribution < -0.4 is 0 Å². The highest BCUT2D eigenvalue weighted by molar-refractivity contribution is 5.96. The Hall–Kier alpha value is -1.88. The summed E-state index contributed by atoms with van der Waals surface area (Å²) in [6.45, 7) is 4.11. The zero-order valence-electron chi connectivity index (χ0n) is 14.5. The highest BCUT2D eigenvalue weighted by atomic mass is 16.7. The van der Waals surface area contributed by atoms with E-state index in [0.29, 0.717) is 12.0 Å². The molecule has 1 aromatic rings. The molecule has 5 bridgehead atoms. The maximum absolute atomic E-state index is 12.8. The minimum atomic E-state index is -0.528. The molecule has 5 heteroatoms. The lowest BCUT2D eigenvalue weighted by atomic mass is 9.46. The average molecular weight is 342 g/mol. The van der Waals surface area contributed by atoms with Gasteiger partial charge in [-0.15, -0.1) is 0 Å². The lowest BCUT2D eigenvalue weighted by Crippen LogP contribution is -2.62. The van der Waals surface area contributed by atoms with Gasteiger partial charge in [-0.3, -0.25) is 9.59 Å². The lowest BCUT2D eigenvalue weighted by Gasteiger charge is -2.58. The van der Waals surface area contributed by atoms with Crippen LogP contribution in [0.15, 0.2) is 34.7 Å². The molecule has 2 aliphatic heterocycles. The van der Waals surface area contributed by atoms with Crippen molar-refractivity contribution in [1.29, 1.82) is 0 Å². The quantitative estimate of drug-likeness (QED) is 0.478. The number of furan rings is 1. The van der Waals surface area contributed by atoms with Crippen LogP contribution in [-0.2, 0) is 14.3 Å². The van der Waals surface area contributed by atoms with Crippen molar-refractivity contribution in [2.24, 2.45) is 22.7 Å². The predicted octanol–water partition coefficient (Wildman–Crippen LogP) is 3.50. The van der Waals surface area contributed by atoms with E-state index in [1.54, 1.807) is 6.07 Å². The van der Waals surface area contributed by atoms with Crippen LogP contribution in [-0.4, -0.2) is 24.1 Å². The van der Waals surface area contributed by atoms with Gasteiger partial charge in [0, 0.05) is 17.8 Å². The smallest absolute Gasteiger partial charge is 0.314 e. The molecule has 1 saturated carbocycles. The molecule has 1 aromatic heterocycles. The van der Waals surface area contributed by atoms with Gasteiger partial charge in [0.05, 0.1) is 23.3 Å². The van der Waals surface area contributed by atoms with Gasteiger partial charge in [0.15, 0.2) is 5.78 Å². The van der Waals surface area contributed by atoms with Crippen molar-refractivity contribution in [3.05, 3.63) is 35.8 Å². The second kappa shape index (κ2) is 4.85. The summed E-state index contributed by atoms with van der Waals surface area (Å²) >= 11 is 0. The molecule has 2 aliphatic carbocycles. The van der Waals surface area contributed by atoms with Crippen molar-refractivity contribution < 1.29 is 23.5 Å². The summed E-state index contributed by atoms with van der Waals surface area (Å²) in [5.74, 6) is 0.0818. The van der Waals surface area contributed by atoms with Gasteiger partial charge < -0.3 is 13.9 Å². The van der Waals surface area contributed by atoms with E-state index in [0.717, 1.165) is 19.3 Å². The molecule has 0 N–H and O–H groups in total. The fourth-order valence-corrected chi connectivity index (χ4v) is 6.11. The van der Waals surface area contributed by atoms with Crippen molar-refractivity contribution in [3.63, 3.8) is 0 Å². The van der Waals surface area contributed by atoms with Crippen LogP contribution >= 0.6 is 0 Å². The summed E-state index contributed by atoms with van der Waals surface area (Å²) in [6, 6.07) is 1.71. The molecule has 2 saturated heterocycles. The summed E-state index contributed by atoms with van der Waals surface area (Å²) in [7, 11) is 0. The van der Waals surface area contributed by atoms with Crippen LogP contribution in [0.4, 0.5) is 0 Å². The molecule has 0 unspecified atom stereocenters. The molecule has 25 heavy (non-hydrogen) atoms. The van der Waals surface area contributed by atoms with Gasteiger partial charge in [0.2, 0.25) is 6.29 Å². The molecular formula is C20H22O5. The monoisotopic (exact) mass is 342 g/mol. The summed E-state index contributed by atoms with van der Waals surface area (Å²) < 4.78 is 17.0. The normalized spacial score (nSPS) is 44.2. The molecule has 5 nitrogen and oxygen atoms in total. The molecule has 4 aliphatic rings. The maximum atomic E-state index is 12.8. The van der Waals surface area contributed by atoms with E-state index in [9.17, 15) is 9.59 Å². The molecule has 0 aromatic carbocycles. The molecule has 6 atom stereocenters. The molecule has 0 radical (unpaired) electrons. The number of carbonyl (C=O) groups excluding carboxylic acids is 2. The summed E-state index contributed by atoms with van der Waals surface area (Å²) in [6.07, 6.45) is 7.69. The van der Waals surface area contributed by atoms with Crippen molar-refractivity contribution in [3.8, 4) is 0 Å². The topological polar surface area (TPSA) is 65.7 Å². The summed E-state index contributed by atoms with van der Waals surface area (Å²) in [5.41, 5.74) is 1.00. The van der Waals surface area contributed by atoms with Gasteiger partial charge in [-0.1, -0.05) is 18.1 Å². The van der Waals surface area contributed by atoms with E-state index in [1.807, 2.05) is 6.92 Å². The summed E-state index contributed by atoms with van der Waals surface area (Å²) in [4.78, 5) is 25.4. The lowest BCUT2D eigenvalue weighted by molar-refractivity contribution is -0.233. The number of hydrogen-bond acceptors (Lipinski definition) is 5. The Labute approximate surface area is 146 Å². The maximum Gasteiger partial charge on any atom is 0.314 e. The van der Waals surface area contributed by atoms with Crippen LogP contribution in [0.5, 0.6) is 0 Å². The van der Waals surface area contributed by atoms with Crippen molar-refractivity contribution in [2.45, 2.75) is 51.9 Å². The molecule has 132 valence electrons. The largest absolute Gasteiger partial charge is 0.472 e. The Morgan fingerprint density at radius 1 is 1.36 bits per heavy atom. The van der Waals surface area contributed by atoms with Gasteiger partial charge in [0.25, 0.3) is 0 Å². The minimum absolute atomic E-state index is 0.0383. The first-order valence-electron chi connectivity index (χ1n) is 9.07. The third-order valence-corrected chi connectivity index (χ3v) is 7.16. The van der Waals surface area contributed by atoms with Crippen LogP contribution in [0.1, 0.15) is 49.9 Å². The fourth-order valence-electron chi connectivity index (χ4n) is 6.11. The zero-order chi connectivity index (χ0) is 17.4. The van der Waals surface area contributed by atoms with Gasteiger partial charge in [-0.2, -0.15) is 0 Å². The predicted molar refractivity (Wildman–Crippen MR) is 87.5 cm³/mol. The SMILES string of the molecule is CC1=C[C@@H]2O[C@@H]3OC(=O)[C@@]4(C)CCC[C@@]3([C@@H]24)[C@H]1CC(=O)c1ccoc1. The van der Waals surface area contributed by atoms with Crippen LogP contribution in [0, 0.1) is 22.7 Å². The fraction of sp³-hybridized carbons (Fsp3) is 0.600. The Morgan fingerprint density at radius 3 is 2.96 bits per heavy atom. The number of hydrogen-bond donors (Lipinski definition) is 0. The number of allylic oxidation sites excluding steroid dienone is 1. The van der Waals surface area contributed by atoms with Gasteiger partial charge in [-0.05, 0) is 38.7 Å². The van der Waals surface area contributed by atoms with E-state index in [4.69, 9.17) is 13.9 Å². The molecule has 0 amide bonds. The Bertz CT molecular complexity index is 778. The van der Waals surface area contributed by atoms with Crippen molar-refractivity contribution >= 4 is 11.8 Å². The Balaban J connectivity index is 1.59. The van der Waals surface area contributed by atoms with Crippen LogP contribution in [0.25, 0.3) is 0 Å². The first-order chi connectivity index (χ1) is 12.0. The highest BCUT2D eigenvalue weighted by Crippen LogP contribution is 2.69. The standard InChI is InChI=1S/C20H22O5/c1-11-8-15-16-19(2)5-3-6-20(16,18(24-15)25-17(19)22)13(11)9-14(21)12-4-7-23-10-12/h4,7-8,10,13,15-16,18H,3,5-6,9H2,1-2H3/t13-,15-,16-,18+,19-,20-/m0/s1. The van der Waals surface area contributed by atoms with Crippen LogP contribution in [0.2, 0.25) is 0 Å². The van der Waals surface area contributed by atoms with E-state index >= 15 is 0 Å². The Kier molecular flexibility index (Phi) is 2.98. The van der Waals surface area contributed by atoms with Crippen LogP contribution in [0.3, 0.4) is 0 Å².